The Morgan fingerprint density at radius 2 is 0.442 bits per heavy atom. The summed E-state index contributed by atoms with van der Waals surface area (Å²) in [7, 11) is -3.02. The number of halogens is 5. The molecule has 7 heteroatoms. The molecule has 1 nitrogen and oxygen atoms in total. The van der Waals surface area contributed by atoms with E-state index < -0.39 is 10.4 Å². The average Bonchev–Trinajstić information content (AvgIpc) is 3.54. The number of fused-ring (bicyclic) bond motifs is 18. The van der Waals surface area contributed by atoms with Crippen molar-refractivity contribution >= 4 is 182 Å². The molecular weight excluding hydrogens is 1110 g/mol. The van der Waals surface area contributed by atoms with E-state index in [9.17, 15) is 4.57 Å². The maximum Gasteiger partial charge on any atom is 0.266 e. The third-order valence-electron chi connectivity index (χ3n) is 13.7. The molecule has 0 bridgehead atoms. The zero-order chi connectivity index (χ0) is 50.8. The van der Waals surface area contributed by atoms with Gasteiger partial charge in [0.25, 0.3) is 3.25 Å². The van der Waals surface area contributed by atoms with Gasteiger partial charge in [-0.1, -0.05) is 333 Å². The number of benzene rings is 14. The molecule has 0 spiro atoms. The summed E-state index contributed by atoms with van der Waals surface area (Å²) < 4.78 is 14.4. The molecule has 0 saturated carbocycles. The van der Waals surface area contributed by atoms with E-state index in [-0.39, 0.29) is 22.3 Å². The maximum atomic E-state index is 14.9. The van der Waals surface area contributed by atoms with Crippen LogP contribution in [0.2, 0.25) is 0 Å². The monoisotopic (exact) mass is 1160 g/mol. The van der Waals surface area contributed by atoms with Crippen LogP contribution in [-0.2, 0) is 4.57 Å². The van der Waals surface area contributed by atoms with E-state index in [1.54, 1.807) is 0 Å². The van der Waals surface area contributed by atoms with Crippen molar-refractivity contribution in [2.75, 3.05) is 0 Å². The molecule has 0 aliphatic heterocycles. The lowest BCUT2D eigenvalue weighted by Crippen LogP contribution is -2.24. The Morgan fingerprint density at radius 3 is 0.701 bits per heavy atom. The first-order chi connectivity index (χ1) is 36.1. The SMILES string of the molecule is Brc1ccc2c3ccccc3c3ccccc3c2c1.C.C.C.ClC(Cl)(Cl)Cl.O=P(c1ccccc1)(c1ccccc1)c1ccc2c3ccccc3c3ccccc3c2c1.c1ccc2c(c1)c1ccccc1c1ccccc21. The normalized spacial score (nSPS) is 11.2. The molecule has 0 N–H and O–H groups in total. The lowest BCUT2D eigenvalue weighted by molar-refractivity contribution is 0.592. The molecule has 14 rings (SSSR count). The third-order valence-corrected chi connectivity index (χ3v) is 17.2. The summed E-state index contributed by atoms with van der Waals surface area (Å²) in [5, 5.41) is 25.8. The van der Waals surface area contributed by atoms with E-state index in [0.717, 1.165) is 25.8 Å². The molecule has 14 aromatic carbocycles. The highest BCUT2D eigenvalue weighted by Crippen LogP contribution is 2.45. The van der Waals surface area contributed by atoms with Crippen molar-refractivity contribution < 1.29 is 4.57 Å². The van der Waals surface area contributed by atoms with E-state index in [4.69, 9.17) is 46.4 Å². The van der Waals surface area contributed by atoms with Crippen LogP contribution in [0, 0.1) is 0 Å². The molecule has 14 aromatic rings. The molecule has 0 radical (unpaired) electrons. The average molecular weight is 1170 g/mol. The molecule has 0 aromatic heterocycles. The summed E-state index contributed by atoms with van der Waals surface area (Å²) in [5.41, 5.74) is 0. The van der Waals surface area contributed by atoms with Crippen LogP contribution in [0.3, 0.4) is 0 Å². The van der Waals surface area contributed by atoms with Gasteiger partial charge >= 0.3 is 0 Å². The molecule has 0 fully saturated rings. The summed E-state index contributed by atoms with van der Waals surface area (Å²) in [4.78, 5) is 0. The Bertz CT molecular complexity index is 4090. The molecule has 0 saturated heterocycles. The standard InChI is InChI=1S/C30H21OP.C18H11Br.C18H12.CCl4.3CH4/c31-32(22-11-3-1-4-12-22,23-13-5-2-6-14-23)24-19-20-29-27-17-8-7-15-25(27)26-16-9-10-18-28(26)30(29)21-24;19-12-9-10-17-15-7-2-1-5-13(15)14-6-3-4-8-16(14)18(17)11-12;1-2-8-14-13(7-1)15-9-3-4-11-17(15)18-12-6-5-10-16(14)18;2-1(3,4)5;;;/h1-21H;1-11H;1-12H;;3*1H4. The largest absolute Gasteiger partial charge is 0.309 e. The van der Waals surface area contributed by atoms with Crippen molar-refractivity contribution in [1.82, 2.24) is 0 Å². The van der Waals surface area contributed by atoms with Gasteiger partial charge in [0.2, 0.25) is 0 Å². The Morgan fingerprint density at radius 1 is 0.247 bits per heavy atom. The second-order valence-corrected chi connectivity index (χ2v) is 25.1. The van der Waals surface area contributed by atoms with E-state index in [2.05, 4.69) is 222 Å². The van der Waals surface area contributed by atoms with Gasteiger partial charge in [0.1, 0.15) is 0 Å². The van der Waals surface area contributed by atoms with Gasteiger partial charge in [-0.05, 0) is 115 Å². The van der Waals surface area contributed by atoms with Crippen LogP contribution in [0.1, 0.15) is 22.3 Å². The zero-order valence-corrected chi connectivity index (χ0v) is 45.2. The Balaban J connectivity index is 0.000000151. The van der Waals surface area contributed by atoms with Crippen molar-refractivity contribution in [2.24, 2.45) is 0 Å². The summed E-state index contributed by atoms with van der Waals surface area (Å²) in [6, 6.07) is 92.9. The van der Waals surface area contributed by atoms with Crippen molar-refractivity contribution in [3.8, 4) is 0 Å². The van der Waals surface area contributed by atoms with Crippen molar-refractivity contribution in [3.63, 3.8) is 0 Å². The van der Waals surface area contributed by atoms with Gasteiger partial charge in [-0.15, -0.1) is 0 Å². The molecule has 0 amide bonds. The molecule has 0 unspecified atom stereocenters. The van der Waals surface area contributed by atoms with Crippen LogP contribution in [0.5, 0.6) is 0 Å². The molecule has 0 aliphatic rings. The first-order valence-electron chi connectivity index (χ1n) is 24.1. The first kappa shape index (κ1) is 56.5. The van der Waals surface area contributed by atoms with Gasteiger partial charge in [-0.3, -0.25) is 0 Å². The van der Waals surface area contributed by atoms with Gasteiger partial charge in [0, 0.05) is 20.4 Å². The fourth-order valence-corrected chi connectivity index (χ4v) is 13.6. The Labute approximate surface area is 480 Å². The van der Waals surface area contributed by atoms with Crippen LogP contribution < -0.4 is 15.9 Å². The molecular formula is C70H56BrCl4OP. The lowest BCUT2D eigenvalue weighted by atomic mass is 9.94. The summed E-state index contributed by atoms with van der Waals surface area (Å²) in [6.07, 6.45) is 0. The molecule has 77 heavy (non-hydrogen) atoms. The minimum atomic E-state index is -3.02. The highest BCUT2D eigenvalue weighted by molar-refractivity contribution is 9.10. The topological polar surface area (TPSA) is 17.1 Å². The number of alkyl halides is 4. The van der Waals surface area contributed by atoms with Gasteiger partial charge in [-0.25, -0.2) is 0 Å². The molecule has 382 valence electrons. The van der Waals surface area contributed by atoms with Crippen LogP contribution >= 0.6 is 69.5 Å². The summed E-state index contributed by atoms with van der Waals surface area (Å²) >= 11 is 22.9. The smallest absolute Gasteiger partial charge is 0.266 e. The quantitative estimate of drug-likeness (QED) is 0.0979. The second kappa shape index (κ2) is 24.3. The highest BCUT2D eigenvalue weighted by Gasteiger charge is 2.30. The second-order valence-electron chi connectivity index (χ2n) is 17.9. The van der Waals surface area contributed by atoms with E-state index >= 15 is 0 Å². The maximum absolute atomic E-state index is 14.9. The molecule has 0 aliphatic carbocycles. The molecule has 0 atom stereocenters. The minimum Gasteiger partial charge on any atom is -0.309 e. The van der Waals surface area contributed by atoms with Crippen molar-refractivity contribution in [2.45, 2.75) is 25.5 Å². The Kier molecular flexibility index (Phi) is 17.8. The van der Waals surface area contributed by atoms with E-state index in [0.29, 0.717) is 0 Å². The van der Waals surface area contributed by atoms with Gasteiger partial charge in [-0.2, -0.15) is 0 Å². The predicted octanol–water partition coefficient (Wildman–Crippen LogP) is 22.3. The summed E-state index contributed by atoms with van der Waals surface area (Å²) in [6.45, 7) is 0. The van der Waals surface area contributed by atoms with Crippen molar-refractivity contribution in [3.05, 3.63) is 271 Å². The van der Waals surface area contributed by atoms with Crippen molar-refractivity contribution in [1.29, 1.82) is 0 Å². The fourth-order valence-electron chi connectivity index (χ4n) is 10.6. The zero-order valence-electron chi connectivity index (χ0n) is 39.6. The van der Waals surface area contributed by atoms with E-state index in [1.165, 1.54) is 91.6 Å². The van der Waals surface area contributed by atoms with Gasteiger partial charge in [0.05, 0.1) is 0 Å². The number of hydrogen-bond donors (Lipinski definition) is 0. The predicted molar refractivity (Wildman–Crippen MR) is 350 cm³/mol. The highest BCUT2D eigenvalue weighted by atomic mass is 79.9. The van der Waals surface area contributed by atoms with Gasteiger partial charge in [0.15, 0.2) is 7.14 Å². The number of rotatable bonds is 3. The lowest BCUT2D eigenvalue weighted by Gasteiger charge is -2.21. The number of hydrogen-bond acceptors (Lipinski definition) is 1. The van der Waals surface area contributed by atoms with Crippen LogP contribution in [0.4, 0.5) is 0 Å². The first-order valence-corrected chi connectivity index (χ1v) is 28.1. The molecule has 0 heterocycles. The fraction of sp³-hybridized carbons (Fsp3) is 0.0571. The van der Waals surface area contributed by atoms with Crippen LogP contribution in [0.15, 0.2) is 271 Å². The van der Waals surface area contributed by atoms with Gasteiger partial charge < -0.3 is 4.57 Å². The van der Waals surface area contributed by atoms with Crippen LogP contribution in [0.25, 0.3) is 97.0 Å². The van der Waals surface area contributed by atoms with E-state index in [1.807, 2.05) is 60.7 Å². The summed E-state index contributed by atoms with van der Waals surface area (Å²) in [5.74, 6) is 0. The third kappa shape index (κ3) is 11.3. The minimum absolute atomic E-state index is 0. The Hall–Kier alpha value is -6.71. The van der Waals surface area contributed by atoms with Crippen LogP contribution in [-0.4, -0.2) is 3.25 Å².